The summed E-state index contributed by atoms with van der Waals surface area (Å²) in [5.41, 5.74) is 2.94. The molecule has 0 spiro atoms. The third-order valence-electron chi connectivity index (χ3n) is 5.48. The van der Waals surface area contributed by atoms with E-state index in [4.69, 9.17) is 0 Å². The fraction of sp³-hybridized carbons (Fsp3) is 0.684. The van der Waals surface area contributed by atoms with E-state index in [-0.39, 0.29) is 18.5 Å². The number of nitrogens with zero attached hydrogens (tertiary/aromatic N) is 2. The molecule has 1 atom stereocenters. The number of aliphatic hydroxyl groups excluding tert-OH is 1. The summed E-state index contributed by atoms with van der Waals surface area (Å²) in [5.74, 6) is -0.0653. The first-order valence-corrected chi connectivity index (χ1v) is 9.08. The van der Waals surface area contributed by atoms with E-state index in [0.29, 0.717) is 0 Å². The highest BCUT2D eigenvalue weighted by molar-refractivity contribution is 5.52. The maximum Gasteiger partial charge on any atom is 0.128 e. The van der Waals surface area contributed by atoms with Gasteiger partial charge in [-0.15, -0.1) is 0 Å². The van der Waals surface area contributed by atoms with Crippen molar-refractivity contribution in [1.29, 1.82) is 0 Å². The Morgan fingerprint density at radius 3 is 2.57 bits per heavy atom. The van der Waals surface area contributed by atoms with Crippen LogP contribution in [0.4, 0.5) is 10.1 Å². The van der Waals surface area contributed by atoms with Gasteiger partial charge in [0.05, 0.1) is 6.61 Å². The van der Waals surface area contributed by atoms with E-state index < -0.39 is 0 Å². The smallest absolute Gasteiger partial charge is 0.128 e. The van der Waals surface area contributed by atoms with E-state index in [1.165, 1.54) is 25.7 Å². The van der Waals surface area contributed by atoms with Gasteiger partial charge in [-0.1, -0.05) is 6.42 Å². The summed E-state index contributed by atoms with van der Waals surface area (Å²) in [6.07, 6.45) is 6.59. The van der Waals surface area contributed by atoms with Crippen molar-refractivity contribution in [3.05, 3.63) is 29.1 Å². The van der Waals surface area contributed by atoms with E-state index in [1.54, 1.807) is 6.07 Å². The number of piperidine rings is 1. The highest BCUT2D eigenvalue weighted by atomic mass is 19.1. The summed E-state index contributed by atoms with van der Waals surface area (Å²) in [4.78, 5) is 4.61. The highest BCUT2D eigenvalue weighted by Crippen LogP contribution is 2.26. The lowest BCUT2D eigenvalue weighted by Gasteiger charge is -2.34. The van der Waals surface area contributed by atoms with Gasteiger partial charge in [-0.25, -0.2) is 4.39 Å². The lowest BCUT2D eigenvalue weighted by atomic mass is 9.99. The van der Waals surface area contributed by atoms with Crippen molar-refractivity contribution in [2.24, 2.45) is 0 Å². The monoisotopic (exact) mass is 320 g/mol. The minimum Gasteiger partial charge on any atom is -0.395 e. The molecule has 0 aromatic heterocycles. The molecule has 1 N–H and O–H groups in total. The zero-order valence-corrected chi connectivity index (χ0v) is 14.2. The zero-order valence-electron chi connectivity index (χ0n) is 14.2. The molecule has 2 heterocycles. The molecule has 0 bridgehead atoms. The van der Waals surface area contributed by atoms with E-state index in [1.807, 2.05) is 6.92 Å². The van der Waals surface area contributed by atoms with Crippen LogP contribution >= 0.6 is 0 Å². The Kier molecular flexibility index (Phi) is 5.54. The second-order valence-electron chi connectivity index (χ2n) is 7.04. The molecule has 0 radical (unpaired) electrons. The van der Waals surface area contributed by atoms with Crippen molar-refractivity contribution in [3.63, 3.8) is 0 Å². The Morgan fingerprint density at radius 1 is 1.13 bits per heavy atom. The molecular formula is C19H29FN2O. The minimum absolute atomic E-state index is 0.0653. The quantitative estimate of drug-likeness (QED) is 0.903. The number of hydrogen-bond donors (Lipinski definition) is 1. The van der Waals surface area contributed by atoms with Crippen LogP contribution in [0.15, 0.2) is 12.1 Å². The van der Waals surface area contributed by atoms with Gasteiger partial charge in [-0.2, -0.15) is 0 Å². The maximum absolute atomic E-state index is 14.6. The van der Waals surface area contributed by atoms with Crippen molar-refractivity contribution in [3.8, 4) is 0 Å². The van der Waals surface area contributed by atoms with Crippen LogP contribution in [0.5, 0.6) is 0 Å². The minimum atomic E-state index is -0.0653. The summed E-state index contributed by atoms with van der Waals surface area (Å²) in [5, 5.41) is 9.50. The highest BCUT2D eigenvalue weighted by Gasteiger charge is 2.22. The van der Waals surface area contributed by atoms with Crippen LogP contribution in [0.1, 0.15) is 43.2 Å². The SMILES string of the molecule is Cc1cc(N2CCCC2)cc(F)c1CCN1CCCC[C@H]1CO. The van der Waals surface area contributed by atoms with Gasteiger partial charge in [-0.3, -0.25) is 4.90 Å². The van der Waals surface area contributed by atoms with E-state index in [2.05, 4.69) is 15.9 Å². The maximum atomic E-state index is 14.6. The van der Waals surface area contributed by atoms with Crippen molar-refractivity contribution in [2.45, 2.75) is 51.5 Å². The number of aryl methyl sites for hydroxylation is 1. The van der Waals surface area contributed by atoms with Crippen LogP contribution in [0.2, 0.25) is 0 Å². The molecule has 128 valence electrons. The van der Waals surface area contributed by atoms with Crippen LogP contribution < -0.4 is 4.90 Å². The predicted octanol–water partition coefficient (Wildman–Crippen LogP) is 3.12. The zero-order chi connectivity index (χ0) is 16.2. The molecule has 2 saturated heterocycles. The number of halogens is 1. The largest absolute Gasteiger partial charge is 0.395 e. The first-order chi connectivity index (χ1) is 11.2. The van der Waals surface area contributed by atoms with Crippen molar-refractivity contribution >= 4 is 5.69 Å². The van der Waals surface area contributed by atoms with Gasteiger partial charge in [-0.05, 0) is 68.8 Å². The standard InChI is InChI=1S/C19H29FN2O/c1-15-12-17(21-9-4-5-10-21)13-19(20)18(15)7-11-22-8-3-2-6-16(22)14-23/h12-13,16,23H,2-11,14H2,1H3/t16-/m0/s1. The fourth-order valence-corrected chi connectivity index (χ4v) is 4.05. The van der Waals surface area contributed by atoms with E-state index in [9.17, 15) is 9.50 Å². The first-order valence-electron chi connectivity index (χ1n) is 9.08. The molecular weight excluding hydrogens is 291 g/mol. The Hall–Kier alpha value is -1.13. The average molecular weight is 320 g/mol. The van der Waals surface area contributed by atoms with Crippen molar-refractivity contribution in [1.82, 2.24) is 4.90 Å². The number of aliphatic hydroxyl groups is 1. The van der Waals surface area contributed by atoms with Gasteiger partial charge in [0, 0.05) is 31.4 Å². The molecule has 0 saturated carbocycles. The van der Waals surface area contributed by atoms with Gasteiger partial charge < -0.3 is 10.0 Å². The normalized spacial score (nSPS) is 22.7. The summed E-state index contributed by atoms with van der Waals surface area (Å²) in [6, 6.07) is 4.12. The van der Waals surface area contributed by atoms with Crippen molar-refractivity contribution < 1.29 is 9.50 Å². The summed E-state index contributed by atoms with van der Waals surface area (Å²) < 4.78 is 14.6. The Bertz CT molecular complexity index is 505. The second-order valence-corrected chi connectivity index (χ2v) is 7.04. The molecule has 0 unspecified atom stereocenters. The third-order valence-corrected chi connectivity index (χ3v) is 5.48. The van der Waals surface area contributed by atoms with Crippen LogP contribution in [0, 0.1) is 12.7 Å². The van der Waals surface area contributed by atoms with Crippen LogP contribution in [-0.4, -0.2) is 48.8 Å². The molecule has 23 heavy (non-hydrogen) atoms. The average Bonchev–Trinajstić information content (AvgIpc) is 3.08. The van der Waals surface area contributed by atoms with Gasteiger partial charge in [0.25, 0.3) is 0 Å². The number of likely N-dealkylation sites (tertiary alicyclic amines) is 1. The first kappa shape index (κ1) is 16.7. The van der Waals surface area contributed by atoms with Gasteiger partial charge in [0.2, 0.25) is 0 Å². The number of anilines is 1. The molecule has 3 rings (SSSR count). The van der Waals surface area contributed by atoms with Crippen molar-refractivity contribution in [2.75, 3.05) is 37.7 Å². The Labute approximate surface area is 139 Å². The van der Waals surface area contributed by atoms with Gasteiger partial charge >= 0.3 is 0 Å². The number of benzene rings is 1. The Balaban J connectivity index is 1.67. The molecule has 2 fully saturated rings. The number of rotatable bonds is 5. The van der Waals surface area contributed by atoms with Crippen LogP contribution in [0.3, 0.4) is 0 Å². The fourth-order valence-electron chi connectivity index (χ4n) is 4.05. The molecule has 0 amide bonds. The summed E-state index contributed by atoms with van der Waals surface area (Å²) in [6.45, 7) is 6.20. The topological polar surface area (TPSA) is 26.7 Å². The van der Waals surface area contributed by atoms with Gasteiger partial charge in [0.15, 0.2) is 0 Å². The third kappa shape index (κ3) is 3.86. The van der Waals surface area contributed by atoms with Crippen LogP contribution in [-0.2, 0) is 6.42 Å². The predicted molar refractivity (Wildman–Crippen MR) is 92.6 cm³/mol. The lowest BCUT2D eigenvalue weighted by Crippen LogP contribution is -2.42. The molecule has 2 aliphatic rings. The van der Waals surface area contributed by atoms with Gasteiger partial charge in [0.1, 0.15) is 5.82 Å². The van der Waals surface area contributed by atoms with E-state index >= 15 is 0 Å². The molecule has 3 nitrogen and oxygen atoms in total. The molecule has 2 aliphatic heterocycles. The summed E-state index contributed by atoms with van der Waals surface area (Å²) in [7, 11) is 0. The van der Waals surface area contributed by atoms with Crippen LogP contribution in [0.25, 0.3) is 0 Å². The molecule has 1 aromatic carbocycles. The van der Waals surface area contributed by atoms with E-state index in [0.717, 1.165) is 55.8 Å². The second kappa shape index (κ2) is 7.63. The molecule has 0 aliphatic carbocycles. The molecule has 4 heteroatoms. The summed E-state index contributed by atoms with van der Waals surface area (Å²) >= 11 is 0. The Morgan fingerprint density at radius 2 is 1.87 bits per heavy atom. The number of hydrogen-bond acceptors (Lipinski definition) is 3. The molecule has 1 aromatic rings. The lowest BCUT2D eigenvalue weighted by molar-refractivity contribution is 0.0911.